The highest BCUT2D eigenvalue weighted by molar-refractivity contribution is 7.88. The lowest BCUT2D eigenvalue weighted by atomic mass is 9.70. The van der Waals surface area contributed by atoms with Crippen molar-refractivity contribution in [3.8, 4) is 5.69 Å². The summed E-state index contributed by atoms with van der Waals surface area (Å²) in [6.45, 7) is 2.74. The molecular formula is C33H32ClF2N3O2S. The van der Waals surface area contributed by atoms with Gasteiger partial charge in [0.15, 0.2) is 0 Å². The molecule has 1 heterocycles. The van der Waals surface area contributed by atoms with E-state index in [1.807, 2.05) is 10.9 Å². The molecule has 0 spiro atoms. The van der Waals surface area contributed by atoms with Crippen LogP contribution in [-0.4, -0.2) is 35.6 Å². The largest absolute Gasteiger partial charge is 0.233 e. The summed E-state index contributed by atoms with van der Waals surface area (Å²) >= 11 is 6.15. The Balaban J connectivity index is 1.27. The Kier molecular flexibility index (Phi) is 7.81. The van der Waals surface area contributed by atoms with Crippen molar-refractivity contribution in [2.45, 2.75) is 38.4 Å². The van der Waals surface area contributed by atoms with Crippen LogP contribution in [0.15, 0.2) is 84.6 Å². The van der Waals surface area contributed by atoms with Gasteiger partial charge in [0.05, 0.1) is 23.3 Å². The third-order valence-corrected chi connectivity index (χ3v) is 10.9. The highest BCUT2D eigenvalue weighted by Crippen LogP contribution is 2.53. The van der Waals surface area contributed by atoms with Gasteiger partial charge in [0.2, 0.25) is 10.0 Å². The second-order valence-electron chi connectivity index (χ2n) is 11.5. The minimum absolute atomic E-state index is 0.0702. The van der Waals surface area contributed by atoms with Gasteiger partial charge >= 0.3 is 0 Å². The smallest absolute Gasteiger partial charge is 0.218 e. The molecular weight excluding hydrogens is 576 g/mol. The summed E-state index contributed by atoms with van der Waals surface area (Å²) in [4.78, 5) is 0. The molecule has 6 rings (SSSR count). The number of hydrogen-bond donors (Lipinski definition) is 0. The maximum Gasteiger partial charge on any atom is 0.218 e. The molecule has 1 saturated carbocycles. The van der Waals surface area contributed by atoms with E-state index in [-0.39, 0.29) is 41.7 Å². The topological polar surface area (TPSA) is 55.2 Å². The first-order chi connectivity index (χ1) is 20.1. The lowest BCUT2D eigenvalue weighted by Gasteiger charge is -2.38. The fraction of sp³-hybridized carbons (Fsp3) is 0.303. The van der Waals surface area contributed by atoms with Crippen LogP contribution in [0.25, 0.3) is 11.8 Å². The lowest BCUT2D eigenvalue weighted by Crippen LogP contribution is -2.42. The van der Waals surface area contributed by atoms with E-state index in [1.165, 1.54) is 23.8 Å². The Labute approximate surface area is 250 Å². The summed E-state index contributed by atoms with van der Waals surface area (Å²) < 4.78 is 59.2. The number of halogens is 3. The van der Waals surface area contributed by atoms with Crippen molar-refractivity contribution in [3.05, 3.63) is 124 Å². The highest BCUT2D eigenvalue weighted by Gasteiger charge is 2.47. The van der Waals surface area contributed by atoms with E-state index in [1.54, 1.807) is 58.9 Å². The Hall–Kier alpha value is -3.33. The van der Waals surface area contributed by atoms with Gasteiger partial charge in [-0.15, -0.1) is 0 Å². The molecule has 1 aromatic heterocycles. The number of aromatic nitrogens is 2. The summed E-state index contributed by atoms with van der Waals surface area (Å²) in [5, 5.41) is 5.09. The first-order valence-electron chi connectivity index (χ1n) is 14.1. The number of rotatable bonds is 9. The Morgan fingerprint density at radius 3 is 2.62 bits per heavy atom. The van der Waals surface area contributed by atoms with Crippen LogP contribution < -0.4 is 0 Å². The predicted molar refractivity (Wildman–Crippen MR) is 162 cm³/mol. The van der Waals surface area contributed by atoms with E-state index in [4.69, 9.17) is 11.6 Å². The van der Waals surface area contributed by atoms with Crippen LogP contribution >= 0.6 is 11.6 Å². The first kappa shape index (κ1) is 28.8. The third-order valence-electron chi connectivity index (χ3n) is 8.87. The zero-order valence-electron chi connectivity index (χ0n) is 23.3. The number of benzene rings is 3. The van der Waals surface area contributed by atoms with Crippen LogP contribution in [0.3, 0.4) is 0 Å². The third kappa shape index (κ3) is 5.68. The van der Waals surface area contributed by atoms with Crippen LogP contribution in [0.4, 0.5) is 8.78 Å². The Morgan fingerprint density at radius 1 is 1.07 bits per heavy atom. The van der Waals surface area contributed by atoms with Crippen molar-refractivity contribution in [1.82, 2.24) is 14.1 Å². The van der Waals surface area contributed by atoms with Crippen LogP contribution in [0, 0.1) is 23.0 Å². The van der Waals surface area contributed by atoms with E-state index >= 15 is 0 Å². The average molecular weight is 608 g/mol. The van der Waals surface area contributed by atoms with Crippen molar-refractivity contribution in [2.75, 3.05) is 13.1 Å². The molecule has 3 aromatic carbocycles. The summed E-state index contributed by atoms with van der Waals surface area (Å²) in [5.74, 6) is -0.735. The minimum Gasteiger partial charge on any atom is -0.233 e. The quantitative estimate of drug-likeness (QED) is 0.202. The van der Waals surface area contributed by atoms with E-state index in [2.05, 4.69) is 18.1 Å². The van der Waals surface area contributed by atoms with Crippen molar-refractivity contribution in [2.24, 2.45) is 11.3 Å². The molecule has 2 atom stereocenters. The van der Waals surface area contributed by atoms with Crippen molar-refractivity contribution in [3.63, 3.8) is 0 Å². The zero-order chi connectivity index (χ0) is 29.5. The molecule has 2 aliphatic carbocycles. The van der Waals surface area contributed by atoms with Crippen LogP contribution in [0.1, 0.15) is 42.1 Å². The Morgan fingerprint density at radius 2 is 1.86 bits per heavy atom. The average Bonchev–Trinajstić information content (AvgIpc) is 3.49. The van der Waals surface area contributed by atoms with Gasteiger partial charge in [-0.1, -0.05) is 54.4 Å². The maximum atomic E-state index is 14.5. The van der Waals surface area contributed by atoms with Crippen molar-refractivity contribution < 1.29 is 17.2 Å². The summed E-state index contributed by atoms with van der Waals surface area (Å²) in [5.41, 5.74) is 4.99. The monoisotopic (exact) mass is 607 g/mol. The van der Waals surface area contributed by atoms with E-state index < -0.39 is 10.0 Å². The molecule has 5 nitrogen and oxygen atoms in total. The second kappa shape index (κ2) is 11.4. The number of hydrogen-bond acceptors (Lipinski definition) is 3. The van der Waals surface area contributed by atoms with Gasteiger partial charge in [-0.05, 0) is 102 Å². The van der Waals surface area contributed by atoms with Crippen LogP contribution in [0.2, 0.25) is 5.02 Å². The predicted octanol–water partition coefficient (Wildman–Crippen LogP) is 7.23. The number of sulfonamides is 1. The molecule has 0 N–H and O–H groups in total. The summed E-state index contributed by atoms with van der Waals surface area (Å²) in [6.07, 6.45) is 6.75. The van der Waals surface area contributed by atoms with Crippen LogP contribution in [0.5, 0.6) is 0 Å². The van der Waals surface area contributed by atoms with Gasteiger partial charge in [0.1, 0.15) is 11.6 Å². The number of nitrogens with zero attached hydrogens (tertiary/aromatic N) is 3. The summed E-state index contributed by atoms with van der Waals surface area (Å²) in [6, 6.07) is 19.7. The van der Waals surface area contributed by atoms with Gasteiger partial charge in [-0.25, -0.2) is 26.2 Å². The molecule has 0 saturated heterocycles. The molecule has 4 aromatic rings. The molecule has 42 heavy (non-hydrogen) atoms. The SMILES string of the molecule is C[C@]12Cc3cnn(-c4ccc(F)cc4)c3C=C1CCC2CN(CCc1ccccc1F)S(=O)(=O)Cc1cccc(Cl)c1. The molecule has 0 amide bonds. The zero-order valence-corrected chi connectivity index (χ0v) is 24.9. The molecule has 218 valence electrons. The normalized spacial score (nSPS) is 19.9. The molecule has 1 unspecified atom stereocenters. The highest BCUT2D eigenvalue weighted by atomic mass is 35.5. The minimum atomic E-state index is -3.74. The molecule has 0 radical (unpaired) electrons. The van der Waals surface area contributed by atoms with Crippen molar-refractivity contribution >= 4 is 27.7 Å². The number of allylic oxidation sites excluding steroid dienone is 1. The lowest BCUT2D eigenvalue weighted by molar-refractivity contribution is 0.221. The van der Waals surface area contributed by atoms with Gasteiger partial charge in [0.25, 0.3) is 0 Å². The molecule has 0 aliphatic heterocycles. The molecule has 9 heteroatoms. The number of fused-ring (bicyclic) bond motifs is 2. The van der Waals surface area contributed by atoms with E-state index in [0.29, 0.717) is 22.7 Å². The van der Waals surface area contributed by atoms with E-state index in [9.17, 15) is 17.2 Å². The fourth-order valence-electron chi connectivity index (χ4n) is 6.48. The molecule has 2 aliphatic rings. The van der Waals surface area contributed by atoms with E-state index in [0.717, 1.165) is 36.2 Å². The van der Waals surface area contributed by atoms with Gasteiger partial charge in [0, 0.05) is 18.1 Å². The van der Waals surface area contributed by atoms with Gasteiger partial charge in [-0.2, -0.15) is 5.10 Å². The fourth-order valence-corrected chi connectivity index (χ4v) is 8.25. The standard InChI is InChI=1S/C33H32ClF2N3O2S/c1-33-19-25-20-37-39(30-13-11-29(35)12-14-30)32(25)18-26(33)9-10-27(33)21-38(16-15-24-6-2-3-8-31(24)36)42(40,41)22-23-5-4-7-28(34)17-23/h2-8,11-14,17-18,20,27H,9-10,15-16,19,21-22H2,1H3/t27?,33-/m0/s1. The van der Waals surface area contributed by atoms with Crippen LogP contribution in [-0.2, 0) is 28.6 Å². The molecule has 1 fully saturated rings. The first-order valence-corrected chi connectivity index (χ1v) is 16.1. The van der Waals surface area contributed by atoms with Crippen molar-refractivity contribution in [1.29, 1.82) is 0 Å². The van der Waals surface area contributed by atoms with Gasteiger partial charge < -0.3 is 0 Å². The molecule has 0 bridgehead atoms. The second-order valence-corrected chi connectivity index (χ2v) is 13.9. The summed E-state index contributed by atoms with van der Waals surface area (Å²) in [7, 11) is -3.74. The van der Waals surface area contributed by atoms with Gasteiger partial charge in [-0.3, -0.25) is 0 Å². The Bertz CT molecular complexity index is 1750. The maximum absolute atomic E-state index is 14.5.